The predicted octanol–water partition coefficient (Wildman–Crippen LogP) is 0.519. The summed E-state index contributed by atoms with van der Waals surface area (Å²) in [5.74, 6) is -1.18. The molecule has 0 spiro atoms. The molecule has 2 N–H and O–H groups in total. The largest absolute Gasteiger partial charge is 0.351 e. The van der Waals surface area contributed by atoms with Gasteiger partial charge >= 0.3 is 6.03 Å². The van der Waals surface area contributed by atoms with Gasteiger partial charge in [-0.3, -0.25) is 14.5 Å². The van der Waals surface area contributed by atoms with Crippen LogP contribution in [0.15, 0.2) is 28.7 Å². The monoisotopic (exact) mass is 443 g/mol. The molecule has 0 radical (unpaired) electrons. The lowest BCUT2D eigenvalue weighted by Crippen LogP contribution is -2.45. The van der Waals surface area contributed by atoms with Gasteiger partial charge in [0.05, 0.1) is 11.5 Å². The number of carbonyl (C=O) groups excluding carboxylic acids is 3. The number of hydrogen-bond acceptors (Lipinski definition) is 5. The second-order valence-electron chi connectivity index (χ2n) is 6.62. The van der Waals surface area contributed by atoms with Crippen LogP contribution in [0.2, 0.25) is 0 Å². The fraction of sp³-hybridized carbons (Fsp3) is 0.438. The van der Waals surface area contributed by atoms with Gasteiger partial charge in [-0.15, -0.1) is 0 Å². The number of urea groups is 1. The summed E-state index contributed by atoms with van der Waals surface area (Å²) in [5, 5.41) is 5.21. The first kappa shape index (κ1) is 18.8. The van der Waals surface area contributed by atoms with Crippen LogP contribution in [0.25, 0.3) is 0 Å². The zero-order valence-electron chi connectivity index (χ0n) is 14.0. The number of halogens is 1. The Labute approximate surface area is 159 Å². The third-order valence-electron chi connectivity index (χ3n) is 4.58. The molecule has 0 saturated carbocycles. The van der Waals surface area contributed by atoms with E-state index in [9.17, 15) is 22.8 Å². The summed E-state index contributed by atoms with van der Waals surface area (Å²) in [6, 6.07) is 5.85. The number of imide groups is 1. The molecule has 8 nitrogen and oxygen atoms in total. The summed E-state index contributed by atoms with van der Waals surface area (Å²) >= 11 is 3.33. The lowest BCUT2D eigenvalue weighted by Gasteiger charge is -2.22. The molecular weight excluding hydrogens is 426 g/mol. The van der Waals surface area contributed by atoms with Crippen molar-refractivity contribution in [1.82, 2.24) is 15.5 Å². The molecule has 2 aliphatic rings. The molecule has 2 heterocycles. The van der Waals surface area contributed by atoms with Crippen LogP contribution < -0.4 is 10.6 Å². The van der Waals surface area contributed by atoms with E-state index in [-0.39, 0.29) is 11.5 Å². The minimum atomic E-state index is -3.13. The van der Waals surface area contributed by atoms with Crippen molar-refractivity contribution in [1.29, 1.82) is 0 Å². The molecule has 2 fully saturated rings. The van der Waals surface area contributed by atoms with Crippen molar-refractivity contribution < 1.29 is 22.8 Å². The van der Waals surface area contributed by atoms with Crippen LogP contribution in [-0.2, 0) is 25.0 Å². The van der Waals surface area contributed by atoms with E-state index in [1.165, 1.54) is 0 Å². The van der Waals surface area contributed by atoms with E-state index in [1.807, 2.05) is 0 Å². The summed E-state index contributed by atoms with van der Waals surface area (Å²) in [6.45, 7) is 1.13. The molecule has 1 aromatic rings. The molecule has 0 bridgehead atoms. The van der Waals surface area contributed by atoms with Crippen LogP contribution in [-0.4, -0.2) is 55.3 Å². The van der Waals surface area contributed by atoms with E-state index in [1.54, 1.807) is 31.2 Å². The Morgan fingerprint density at radius 2 is 2.15 bits per heavy atom. The zero-order chi connectivity index (χ0) is 19.1. The number of carbonyl (C=O) groups is 3. The van der Waals surface area contributed by atoms with E-state index < -0.39 is 45.8 Å². The highest BCUT2D eigenvalue weighted by molar-refractivity contribution is 9.10. The summed E-state index contributed by atoms with van der Waals surface area (Å²) in [4.78, 5) is 38.0. The van der Waals surface area contributed by atoms with Gasteiger partial charge in [-0.1, -0.05) is 28.1 Å². The first-order chi connectivity index (χ1) is 12.1. The van der Waals surface area contributed by atoms with Crippen LogP contribution in [0, 0.1) is 0 Å². The van der Waals surface area contributed by atoms with E-state index in [0.29, 0.717) is 12.0 Å². The Balaban J connectivity index is 1.70. The third kappa shape index (κ3) is 3.61. The van der Waals surface area contributed by atoms with Crippen molar-refractivity contribution in [3.63, 3.8) is 0 Å². The lowest BCUT2D eigenvalue weighted by atomic mass is 9.92. The van der Waals surface area contributed by atoms with Crippen LogP contribution in [0.3, 0.4) is 0 Å². The molecule has 2 aliphatic heterocycles. The van der Waals surface area contributed by atoms with Crippen LogP contribution >= 0.6 is 15.9 Å². The molecule has 3 rings (SSSR count). The van der Waals surface area contributed by atoms with Gasteiger partial charge in [0.15, 0.2) is 9.84 Å². The van der Waals surface area contributed by atoms with E-state index in [2.05, 4.69) is 26.6 Å². The van der Waals surface area contributed by atoms with Crippen molar-refractivity contribution >= 4 is 43.6 Å². The minimum absolute atomic E-state index is 0.0298. The van der Waals surface area contributed by atoms with E-state index in [4.69, 9.17) is 0 Å². The van der Waals surface area contributed by atoms with Gasteiger partial charge in [0.1, 0.15) is 12.1 Å². The number of benzene rings is 1. The number of nitrogens with zero attached hydrogens (tertiary/aromatic N) is 1. The number of sulfone groups is 1. The van der Waals surface area contributed by atoms with Gasteiger partial charge in [0.2, 0.25) is 5.91 Å². The summed E-state index contributed by atoms with van der Waals surface area (Å²) in [6.07, 6.45) is 0.337. The maximum Gasteiger partial charge on any atom is 0.325 e. The average molecular weight is 444 g/mol. The molecule has 0 aliphatic carbocycles. The van der Waals surface area contributed by atoms with Gasteiger partial charge in [0, 0.05) is 10.5 Å². The lowest BCUT2D eigenvalue weighted by molar-refractivity contribution is -0.135. The fourth-order valence-electron chi connectivity index (χ4n) is 3.16. The molecule has 2 atom stereocenters. The van der Waals surface area contributed by atoms with Gasteiger partial charge in [-0.25, -0.2) is 13.2 Å². The Morgan fingerprint density at radius 3 is 2.77 bits per heavy atom. The summed E-state index contributed by atoms with van der Waals surface area (Å²) in [7, 11) is -3.13. The maximum atomic E-state index is 12.8. The molecule has 10 heteroatoms. The van der Waals surface area contributed by atoms with Gasteiger partial charge in [0.25, 0.3) is 5.91 Å². The molecule has 26 heavy (non-hydrogen) atoms. The maximum absolute atomic E-state index is 12.8. The number of rotatable bonds is 4. The predicted molar refractivity (Wildman–Crippen MR) is 96.9 cm³/mol. The zero-order valence-corrected chi connectivity index (χ0v) is 16.4. The molecule has 2 saturated heterocycles. The first-order valence-electron chi connectivity index (χ1n) is 8.01. The minimum Gasteiger partial charge on any atom is -0.351 e. The Morgan fingerprint density at radius 1 is 1.42 bits per heavy atom. The third-order valence-corrected chi connectivity index (χ3v) is 6.84. The molecule has 0 unspecified atom stereocenters. The smallest absolute Gasteiger partial charge is 0.325 e. The Kier molecular flexibility index (Phi) is 4.82. The number of amides is 4. The van der Waals surface area contributed by atoms with Crippen LogP contribution in [0.4, 0.5) is 4.79 Å². The quantitative estimate of drug-likeness (QED) is 0.658. The first-order valence-corrected chi connectivity index (χ1v) is 10.6. The van der Waals surface area contributed by atoms with Crippen molar-refractivity contribution in [2.24, 2.45) is 0 Å². The van der Waals surface area contributed by atoms with Crippen LogP contribution in [0.5, 0.6) is 0 Å². The summed E-state index contributed by atoms with van der Waals surface area (Å²) in [5.41, 5.74) is -0.673. The van der Waals surface area contributed by atoms with Gasteiger partial charge in [-0.2, -0.15) is 0 Å². The van der Waals surface area contributed by atoms with Crippen molar-refractivity contribution in [2.45, 2.75) is 24.9 Å². The highest BCUT2D eigenvalue weighted by atomic mass is 79.9. The molecule has 0 aromatic heterocycles. The normalized spacial score (nSPS) is 27.5. The van der Waals surface area contributed by atoms with Crippen molar-refractivity contribution in [3.8, 4) is 0 Å². The Hall–Kier alpha value is -1.94. The topological polar surface area (TPSA) is 113 Å². The molecular formula is C16H18BrN3O5S. The van der Waals surface area contributed by atoms with Crippen molar-refractivity contribution in [2.75, 3.05) is 18.1 Å². The number of hydrogen-bond donors (Lipinski definition) is 2. The van der Waals surface area contributed by atoms with Gasteiger partial charge in [-0.05, 0) is 31.0 Å². The second-order valence-corrected chi connectivity index (χ2v) is 9.77. The highest BCUT2D eigenvalue weighted by Crippen LogP contribution is 2.30. The standard InChI is InChI=1S/C16H18BrN3O5S/c1-16(10-3-2-4-11(17)7-10)14(22)20(15(23)19-16)8-13(21)18-12-5-6-26(24,25)9-12/h2-4,7,12H,5-6,8-9H2,1H3,(H,18,21)(H,19,23)/t12-,16-/m0/s1. The summed E-state index contributed by atoms with van der Waals surface area (Å²) < 4.78 is 23.7. The fourth-order valence-corrected chi connectivity index (χ4v) is 5.23. The number of nitrogens with one attached hydrogen (secondary N) is 2. The van der Waals surface area contributed by atoms with Gasteiger partial charge < -0.3 is 10.6 Å². The van der Waals surface area contributed by atoms with E-state index >= 15 is 0 Å². The van der Waals surface area contributed by atoms with Crippen molar-refractivity contribution in [3.05, 3.63) is 34.3 Å². The Bertz CT molecular complexity index is 888. The SMILES string of the molecule is C[C@@]1(c2cccc(Br)c2)NC(=O)N(CC(=O)N[C@H]2CCS(=O)(=O)C2)C1=O. The highest BCUT2D eigenvalue weighted by Gasteiger charge is 2.49. The molecule has 140 valence electrons. The van der Waals surface area contributed by atoms with Crippen LogP contribution in [0.1, 0.15) is 18.9 Å². The van der Waals surface area contributed by atoms with E-state index in [0.717, 1.165) is 9.37 Å². The molecule has 1 aromatic carbocycles. The molecule has 4 amide bonds. The second kappa shape index (κ2) is 6.66. The average Bonchev–Trinajstić information content (AvgIpc) is 2.99.